The summed E-state index contributed by atoms with van der Waals surface area (Å²) in [5.74, 6) is 1.41. The monoisotopic (exact) mass is 340 g/mol. The standard InChI is InChI=1S/C18H20N4OS/c1-12-2-4-15-14(8-12)9-16(24-15)18(23)21-7-6-20-17-5-3-13(10-19)11-22-17/h3,5,9,11-12H,2,4,6-8H2,1H3,(H,20,22)(H,21,23). The largest absolute Gasteiger partial charge is 0.368 e. The number of pyridine rings is 1. The Labute approximate surface area is 145 Å². The summed E-state index contributed by atoms with van der Waals surface area (Å²) in [5, 5.41) is 14.8. The van der Waals surface area contributed by atoms with Crippen molar-refractivity contribution in [2.75, 3.05) is 18.4 Å². The van der Waals surface area contributed by atoms with Gasteiger partial charge in [0.2, 0.25) is 0 Å². The molecule has 1 aliphatic rings. The van der Waals surface area contributed by atoms with Crippen LogP contribution in [0.5, 0.6) is 0 Å². The smallest absolute Gasteiger partial charge is 0.261 e. The molecule has 0 spiro atoms. The predicted octanol–water partition coefficient (Wildman–Crippen LogP) is 2.98. The molecule has 0 aliphatic heterocycles. The molecule has 24 heavy (non-hydrogen) atoms. The molecule has 6 heteroatoms. The summed E-state index contributed by atoms with van der Waals surface area (Å²) in [7, 11) is 0. The second-order valence-electron chi connectivity index (χ2n) is 6.13. The number of thiophene rings is 1. The van der Waals surface area contributed by atoms with Crippen LogP contribution in [-0.2, 0) is 12.8 Å². The molecule has 2 heterocycles. The molecule has 1 atom stereocenters. The van der Waals surface area contributed by atoms with Gasteiger partial charge in [-0.05, 0) is 48.9 Å². The molecule has 2 N–H and O–H groups in total. The van der Waals surface area contributed by atoms with Crippen LogP contribution in [0, 0.1) is 17.2 Å². The van der Waals surface area contributed by atoms with E-state index < -0.39 is 0 Å². The summed E-state index contributed by atoms with van der Waals surface area (Å²) in [6.45, 7) is 3.38. The Balaban J connectivity index is 1.46. The maximum atomic E-state index is 12.3. The lowest BCUT2D eigenvalue weighted by Crippen LogP contribution is -2.28. The molecular weight excluding hydrogens is 320 g/mol. The number of nitriles is 1. The minimum absolute atomic E-state index is 0.00311. The topological polar surface area (TPSA) is 77.8 Å². The molecule has 1 amide bonds. The first-order valence-corrected chi connectivity index (χ1v) is 8.97. The minimum Gasteiger partial charge on any atom is -0.368 e. The number of nitrogens with zero attached hydrogens (tertiary/aromatic N) is 2. The number of carbonyl (C=O) groups is 1. The highest BCUT2D eigenvalue weighted by Gasteiger charge is 2.20. The fourth-order valence-electron chi connectivity index (χ4n) is 2.84. The summed E-state index contributed by atoms with van der Waals surface area (Å²) in [6, 6.07) is 7.56. The molecule has 1 aliphatic carbocycles. The lowest BCUT2D eigenvalue weighted by molar-refractivity contribution is 0.0959. The number of aromatic nitrogens is 1. The van der Waals surface area contributed by atoms with Gasteiger partial charge in [0.15, 0.2) is 0 Å². The van der Waals surface area contributed by atoms with Gasteiger partial charge in [0.05, 0.1) is 10.4 Å². The number of fused-ring (bicyclic) bond motifs is 1. The lowest BCUT2D eigenvalue weighted by atomic mass is 9.90. The molecule has 124 valence electrons. The van der Waals surface area contributed by atoms with Crippen LogP contribution >= 0.6 is 11.3 Å². The van der Waals surface area contributed by atoms with Crippen molar-refractivity contribution in [1.82, 2.24) is 10.3 Å². The van der Waals surface area contributed by atoms with Crippen molar-refractivity contribution >= 4 is 23.1 Å². The zero-order chi connectivity index (χ0) is 16.9. The summed E-state index contributed by atoms with van der Waals surface area (Å²) < 4.78 is 0. The number of nitrogens with one attached hydrogen (secondary N) is 2. The molecule has 0 saturated carbocycles. The van der Waals surface area contributed by atoms with Gasteiger partial charge in [-0.3, -0.25) is 4.79 Å². The molecule has 0 aromatic carbocycles. The van der Waals surface area contributed by atoms with E-state index in [9.17, 15) is 4.79 Å². The molecule has 0 saturated heterocycles. The number of hydrogen-bond acceptors (Lipinski definition) is 5. The van der Waals surface area contributed by atoms with Crippen LogP contribution in [0.2, 0.25) is 0 Å². The Bertz CT molecular complexity index is 760. The van der Waals surface area contributed by atoms with Crippen LogP contribution in [0.25, 0.3) is 0 Å². The molecule has 0 radical (unpaired) electrons. The Morgan fingerprint density at radius 3 is 3.08 bits per heavy atom. The number of amides is 1. The second kappa shape index (κ2) is 7.45. The third kappa shape index (κ3) is 3.92. The number of aryl methyl sites for hydroxylation is 1. The van der Waals surface area contributed by atoms with Crippen molar-refractivity contribution in [3.8, 4) is 6.07 Å². The maximum Gasteiger partial charge on any atom is 0.261 e. The first kappa shape index (κ1) is 16.5. The Hall–Kier alpha value is -2.39. The zero-order valence-electron chi connectivity index (χ0n) is 13.6. The first-order chi connectivity index (χ1) is 11.7. The SMILES string of the molecule is CC1CCc2sc(C(=O)NCCNc3ccc(C#N)cn3)cc2C1. The van der Waals surface area contributed by atoms with Crippen LogP contribution in [-0.4, -0.2) is 24.0 Å². The molecular formula is C18H20N4OS. The van der Waals surface area contributed by atoms with Crippen molar-refractivity contribution in [3.05, 3.63) is 45.3 Å². The second-order valence-corrected chi connectivity index (χ2v) is 7.27. The highest BCUT2D eigenvalue weighted by Crippen LogP contribution is 2.32. The fraction of sp³-hybridized carbons (Fsp3) is 0.389. The van der Waals surface area contributed by atoms with E-state index >= 15 is 0 Å². The van der Waals surface area contributed by atoms with Gasteiger partial charge in [-0.2, -0.15) is 5.26 Å². The average Bonchev–Trinajstić information content (AvgIpc) is 3.02. The molecule has 0 bridgehead atoms. The van der Waals surface area contributed by atoms with E-state index in [2.05, 4.69) is 28.6 Å². The highest BCUT2D eigenvalue weighted by molar-refractivity contribution is 7.14. The normalized spacial score (nSPS) is 16.1. The number of anilines is 1. The quantitative estimate of drug-likeness (QED) is 0.820. The third-order valence-corrected chi connectivity index (χ3v) is 5.40. The van der Waals surface area contributed by atoms with Gasteiger partial charge in [0.1, 0.15) is 11.9 Å². The van der Waals surface area contributed by atoms with Crippen molar-refractivity contribution in [1.29, 1.82) is 5.26 Å². The number of hydrogen-bond donors (Lipinski definition) is 2. The fourth-order valence-corrected chi connectivity index (χ4v) is 3.96. The molecule has 2 aromatic heterocycles. The van der Waals surface area contributed by atoms with E-state index in [1.54, 1.807) is 23.5 Å². The highest BCUT2D eigenvalue weighted by atomic mass is 32.1. The van der Waals surface area contributed by atoms with E-state index in [1.165, 1.54) is 23.1 Å². The van der Waals surface area contributed by atoms with Gasteiger partial charge in [0, 0.05) is 24.2 Å². The third-order valence-electron chi connectivity index (χ3n) is 4.16. The number of rotatable bonds is 5. The Morgan fingerprint density at radius 2 is 2.33 bits per heavy atom. The van der Waals surface area contributed by atoms with E-state index in [4.69, 9.17) is 5.26 Å². The van der Waals surface area contributed by atoms with Gasteiger partial charge in [-0.25, -0.2) is 4.98 Å². The summed E-state index contributed by atoms with van der Waals surface area (Å²) >= 11 is 1.63. The van der Waals surface area contributed by atoms with Gasteiger partial charge in [-0.15, -0.1) is 11.3 Å². The van der Waals surface area contributed by atoms with Crippen LogP contribution in [0.15, 0.2) is 24.4 Å². The Morgan fingerprint density at radius 1 is 1.46 bits per heavy atom. The van der Waals surface area contributed by atoms with Crippen molar-refractivity contribution in [2.45, 2.75) is 26.2 Å². The van der Waals surface area contributed by atoms with Gasteiger partial charge in [0.25, 0.3) is 5.91 Å². The molecule has 1 unspecified atom stereocenters. The van der Waals surface area contributed by atoms with Crippen molar-refractivity contribution in [2.24, 2.45) is 5.92 Å². The summed E-state index contributed by atoms with van der Waals surface area (Å²) in [4.78, 5) is 18.6. The van der Waals surface area contributed by atoms with Crippen LogP contribution < -0.4 is 10.6 Å². The van der Waals surface area contributed by atoms with Gasteiger partial charge >= 0.3 is 0 Å². The van der Waals surface area contributed by atoms with E-state index in [0.717, 1.165) is 17.7 Å². The first-order valence-electron chi connectivity index (χ1n) is 8.15. The average molecular weight is 340 g/mol. The Kier molecular flexibility index (Phi) is 5.11. The van der Waals surface area contributed by atoms with Crippen LogP contribution in [0.4, 0.5) is 5.82 Å². The molecule has 5 nitrogen and oxygen atoms in total. The van der Waals surface area contributed by atoms with Crippen molar-refractivity contribution < 1.29 is 4.79 Å². The molecule has 0 fully saturated rings. The lowest BCUT2D eigenvalue weighted by Gasteiger charge is -2.16. The van der Waals surface area contributed by atoms with E-state index in [1.807, 2.05) is 6.07 Å². The molecule has 3 rings (SSSR count). The van der Waals surface area contributed by atoms with Crippen molar-refractivity contribution in [3.63, 3.8) is 0 Å². The predicted molar refractivity (Wildman–Crippen MR) is 95.3 cm³/mol. The van der Waals surface area contributed by atoms with E-state index in [0.29, 0.717) is 30.4 Å². The molecule has 2 aromatic rings. The van der Waals surface area contributed by atoms with Gasteiger partial charge in [-0.1, -0.05) is 6.92 Å². The summed E-state index contributed by atoms with van der Waals surface area (Å²) in [5.41, 5.74) is 1.88. The summed E-state index contributed by atoms with van der Waals surface area (Å²) in [6.07, 6.45) is 4.93. The van der Waals surface area contributed by atoms with Gasteiger partial charge < -0.3 is 10.6 Å². The van der Waals surface area contributed by atoms with E-state index in [-0.39, 0.29) is 5.91 Å². The van der Waals surface area contributed by atoms with Crippen LogP contribution in [0.3, 0.4) is 0 Å². The minimum atomic E-state index is -0.00311. The maximum absolute atomic E-state index is 12.3. The van der Waals surface area contributed by atoms with Crippen LogP contribution in [0.1, 0.15) is 39.0 Å². The number of carbonyl (C=O) groups excluding carboxylic acids is 1. The zero-order valence-corrected chi connectivity index (χ0v) is 14.4.